The summed E-state index contributed by atoms with van der Waals surface area (Å²) in [6.07, 6.45) is 1.26. The van der Waals surface area contributed by atoms with Crippen LogP contribution in [0.4, 0.5) is 0 Å². The molecule has 19 heavy (non-hydrogen) atoms. The Labute approximate surface area is 113 Å². The van der Waals surface area contributed by atoms with Crippen LogP contribution in [-0.4, -0.2) is 18.7 Å². The van der Waals surface area contributed by atoms with Crippen molar-refractivity contribution in [2.45, 2.75) is 19.8 Å². The van der Waals surface area contributed by atoms with Crippen LogP contribution in [0.5, 0.6) is 5.75 Å². The zero-order valence-electron chi connectivity index (χ0n) is 11.3. The van der Waals surface area contributed by atoms with Gasteiger partial charge < -0.3 is 4.74 Å². The van der Waals surface area contributed by atoms with Crippen LogP contribution in [0.1, 0.15) is 30.1 Å². The van der Waals surface area contributed by atoms with Gasteiger partial charge in [-0.05, 0) is 44.0 Å². The summed E-state index contributed by atoms with van der Waals surface area (Å²) < 4.78 is 5.07. The van der Waals surface area contributed by atoms with Crippen LogP contribution < -0.4 is 4.74 Å². The summed E-state index contributed by atoms with van der Waals surface area (Å²) in [6, 6.07) is 7.03. The molecular weight excluding hydrogens is 240 g/mol. The maximum atomic E-state index is 12.5. The van der Waals surface area contributed by atoms with Gasteiger partial charge in [-0.3, -0.25) is 9.59 Å². The van der Waals surface area contributed by atoms with E-state index in [2.05, 4.69) is 6.58 Å². The van der Waals surface area contributed by atoms with Crippen molar-refractivity contribution in [3.63, 3.8) is 0 Å². The highest BCUT2D eigenvalue weighted by Crippen LogP contribution is 2.37. The van der Waals surface area contributed by atoms with Crippen LogP contribution in [0.2, 0.25) is 0 Å². The zero-order valence-corrected chi connectivity index (χ0v) is 11.3. The molecule has 1 aromatic carbocycles. The van der Waals surface area contributed by atoms with Crippen LogP contribution in [0.15, 0.2) is 36.4 Å². The standard InChI is InChI=1S/C16H18O3/c1-10-8-14(11(2)17)15(9-10)16(18)12-4-6-13(19-3)7-5-12/h4-7,14-15H,1,8-9H2,2-3H3. The van der Waals surface area contributed by atoms with Gasteiger partial charge in [-0.2, -0.15) is 0 Å². The van der Waals surface area contributed by atoms with Gasteiger partial charge in [-0.1, -0.05) is 12.2 Å². The fourth-order valence-electron chi connectivity index (χ4n) is 2.66. The minimum Gasteiger partial charge on any atom is -0.497 e. The van der Waals surface area contributed by atoms with Crippen LogP contribution in [0.25, 0.3) is 0 Å². The summed E-state index contributed by atoms with van der Waals surface area (Å²) in [7, 11) is 1.59. The molecule has 2 unspecified atom stereocenters. The van der Waals surface area contributed by atoms with E-state index in [1.165, 1.54) is 0 Å². The summed E-state index contributed by atoms with van der Waals surface area (Å²) in [5.41, 5.74) is 1.62. The molecule has 0 amide bonds. The van der Waals surface area contributed by atoms with Crippen molar-refractivity contribution in [2.75, 3.05) is 7.11 Å². The predicted octanol–water partition coefficient (Wildman–Crippen LogP) is 3.05. The fourth-order valence-corrected chi connectivity index (χ4v) is 2.66. The van der Waals surface area contributed by atoms with E-state index in [0.29, 0.717) is 18.4 Å². The molecule has 2 rings (SSSR count). The highest BCUT2D eigenvalue weighted by Gasteiger charge is 2.37. The first-order chi connectivity index (χ1) is 9.02. The largest absolute Gasteiger partial charge is 0.497 e. The van der Waals surface area contributed by atoms with E-state index in [1.54, 1.807) is 38.3 Å². The van der Waals surface area contributed by atoms with Gasteiger partial charge >= 0.3 is 0 Å². The van der Waals surface area contributed by atoms with Crippen molar-refractivity contribution < 1.29 is 14.3 Å². The van der Waals surface area contributed by atoms with Crippen molar-refractivity contribution >= 4 is 11.6 Å². The summed E-state index contributed by atoms with van der Waals surface area (Å²) in [4.78, 5) is 24.1. The molecular formula is C16H18O3. The molecule has 1 aliphatic carbocycles. The molecule has 0 heterocycles. The normalized spacial score (nSPS) is 22.3. The van der Waals surface area contributed by atoms with E-state index < -0.39 is 0 Å². The SMILES string of the molecule is C=C1CC(C(C)=O)C(C(=O)c2ccc(OC)cc2)C1. The van der Waals surface area contributed by atoms with E-state index in [4.69, 9.17) is 4.74 Å². The Morgan fingerprint density at radius 3 is 2.26 bits per heavy atom. The third kappa shape index (κ3) is 2.75. The van der Waals surface area contributed by atoms with Gasteiger partial charge in [0.2, 0.25) is 0 Å². The second kappa shape index (κ2) is 5.39. The van der Waals surface area contributed by atoms with E-state index >= 15 is 0 Å². The highest BCUT2D eigenvalue weighted by atomic mass is 16.5. The lowest BCUT2D eigenvalue weighted by Crippen LogP contribution is -2.24. The first kappa shape index (κ1) is 13.5. The van der Waals surface area contributed by atoms with Crippen LogP contribution >= 0.6 is 0 Å². The molecule has 1 fully saturated rings. The summed E-state index contributed by atoms with van der Waals surface area (Å²) in [6.45, 7) is 5.47. The fraction of sp³-hybridized carbons (Fsp3) is 0.375. The number of hydrogen-bond acceptors (Lipinski definition) is 3. The van der Waals surface area contributed by atoms with Crippen molar-refractivity contribution in [1.82, 2.24) is 0 Å². The Balaban J connectivity index is 2.22. The minimum absolute atomic E-state index is 0.0292. The lowest BCUT2D eigenvalue weighted by molar-refractivity contribution is -0.121. The second-order valence-corrected chi connectivity index (χ2v) is 5.07. The van der Waals surface area contributed by atoms with Gasteiger partial charge in [0.05, 0.1) is 7.11 Å². The molecule has 3 heteroatoms. The average molecular weight is 258 g/mol. The first-order valence-corrected chi connectivity index (χ1v) is 6.38. The summed E-state index contributed by atoms with van der Waals surface area (Å²) in [5, 5.41) is 0. The molecule has 0 aromatic heterocycles. The van der Waals surface area contributed by atoms with Gasteiger partial charge in [-0.15, -0.1) is 0 Å². The third-order valence-corrected chi connectivity index (χ3v) is 3.74. The van der Waals surface area contributed by atoms with Gasteiger partial charge in [0.15, 0.2) is 5.78 Å². The van der Waals surface area contributed by atoms with Gasteiger partial charge in [-0.25, -0.2) is 0 Å². The predicted molar refractivity (Wildman–Crippen MR) is 73.4 cm³/mol. The second-order valence-electron chi connectivity index (χ2n) is 5.07. The monoisotopic (exact) mass is 258 g/mol. The lowest BCUT2D eigenvalue weighted by Gasteiger charge is -2.15. The molecule has 0 radical (unpaired) electrons. The Morgan fingerprint density at radius 1 is 1.16 bits per heavy atom. The zero-order chi connectivity index (χ0) is 14.0. The number of carbonyl (C=O) groups is 2. The Morgan fingerprint density at radius 2 is 1.74 bits per heavy atom. The van der Waals surface area contributed by atoms with Crippen LogP contribution in [-0.2, 0) is 4.79 Å². The molecule has 0 N–H and O–H groups in total. The smallest absolute Gasteiger partial charge is 0.166 e. The molecule has 0 aliphatic heterocycles. The number of rotatable bonds is 4. The topological polar surface area (TPSA) is 43.4 Å². The number of ether oxygens (including phenoxy) is 1. The van der Waals surface area contributed by atoms with E-state index in [1.807, 2.05) is 0 Å². The summed E-state index contributed by atoms with van der Waals surface area (Å²) >= 11 is 0. The molecule has 1 aliphatic rings. The minimum atomic E-state index is -0.251. The maximum Gasteiger partial charge on any atom is 0.166 e. The molecule has 0 spiro atoms. The van der Waals surface area contributed by atoms with E-state index in [9.17, 15) is 9.59 Å². The molecule has 2 atom stereocenters. The number of allylic oxidation sites excluding steroid dienone is 1. The van der Waals surface area contributed by atoms with E-state index in [0.717, 1.165) is 11.3 Å². The first-order valence-electron chi connectivity index (χ1n) is 6.38. The third-order valence-electron chi connectivity index (χ3n) is 3.74. The average Bonchev–Trinajstić information content (AvgIpc) is 2.80. The number of ketones is 2. The van der Waals surface area contributed by atoms with Crippen LogP contribution in [0.3, 0.4) is 0 Å². The Bertz CT molecular complexity index is 513. The maximum absolute atomic E-state index is 12.5. The highest BCUT2D eigenvalue weighted by molar-refractivity contribution is 6.01. The quantitative estimate of drug-likeness (QED) is 0.616. The summed E-state index contributed by atoms with van der Waals surface area (Å²) in [5.74, 6) is 0.364. The number of methoxy groups -OCH3 is 1. The Hall–Kier alpha value is -1.90. The molecule has 0 bridgehead atoms. The van der Waals surface area contributed by atoms with Gasteiger partial charge in [0.1, 0.15) is 11.5 Å². The van der Waals surface area contributed by atoms with Crippen molar-refractivity contribution in [2.24, 2.45) is 11.8 Å². The van der Waals surface area contributed by atoms with Crippen molar-refractivity contribution in [1.29, 1.82) is 0 Å². The Kier molecular flexibility index (Phi) is 3.84. The van der Waals surface area contributed by atoms with Crippen molar-refractivity contribution in [3.05, 3.63) is 42.0 Å². The van der Waals surface area contributed by atoms with Crippen LogP contribution in [0, 0.1) is 11.8 Å². The van der Waals surface area contributed by atoms with Gasteiger partial charge in [0.25, 0.3) is 0 Å². The molecule has 0 saturated heterocycles. The van der Waals surface area contributed by atoms with E-state index in [-0.39, 0.29) is 23.4 Å². The molecule has 1 aromatic rings. The number of hydrogen-bond donors (Lipinski definition) is 0. The number of benzene rings is 1. The molecule has 3 nitrogen and oxygen atoms in total. The number of carbonyl (C=O) groups excluding carboxylic acids is 2. The molecule has 100 valence electrons. The van der Waals surface area contributed by atoms with Crippen molar-refractivity contribution in [3.8, 4) is 5.75 Å². The number of Topliss-reactive ketones (excluding diaryl/α,β-unsaturated/α-hetero) is 2. The van der Waals surface area contributed by atoms with Gasteiger partial charge in [0, 0.05) is 17.4 Å². The lowest BCUT2D eigenvalue weighted by atomic mass is 9.86. The molecule has 1 saturated carbocycles.